The summed E-state index contributed by atoms with van der Waals surface area (Å²) in [4.78, 5) is 1.01. The lowest BCUT2D eigenvalue weighted by atomic mass is 10.3. The highest BCUT2D eigenvalue weighted by Crippen LogP contribution is 2.26. The van der Waals surface area contributed by atoms with Gasteiger partial charge < -0.3 is 5.73 Å². The van der Waals surface area contributed by atoms with Gasteiger partial charge in [-0.05, 0) is 30.4 Å². The minimum absolute atomic E-state index is 0.225. The van der Waals surface area contributed by atoms with E-state index in [1.54, 1.807) is 23.9 Å². The van der Waals surface area contributed by atoms with E-state index in [0.29, 0.717) is 17.1 Å². The number of halogens is 1. The molecule has 0 aliphatic rings. The van der Waals surface area contributed by atoms with Crippen molar-refractivity contribution in [3.05, 3.63) is 23.2 Å². The van der Waals surface area contributed by atoms with Crippen molar-refractivity contribution in [3.8, 4) is 0 Å². The van der Waals surface area contributed by atoms with Gasteiger partial charge in [0.25, 0.3) is 0 Å². The Morgan fingerprint density at radius 2 is 2.12 bits per heavy atom. The van der Waals surface area contributed by atoms with Crippen LogP contribution >= 0.6 is 23.4 Å². The van der Waals surface area contributed by atoms with E-state index in [1.807, 2.05) is 6.07 Å². The lowest BCUT2D eigenvalue weighted by Gasteiger charge is -2.03. The summed E-state index contributed by atoms with van der Waals surface area (Å²) < 4.78 is 21.8. The molecule has 2 N–H and O–H groups in total. The number of hydrogen-bond donors (Lipinski definition) is 1. The molecule has 90 valence electrons. The van der Waals surface area contributed by atoms with Gasteiger partial charge in [0.1, 0.15) is 9.84 Å². The zero-order chi connectivity index (χ0) is 12.2. The van der Waals surface area contributed by atoms with Crippen molar-refractivity contribution in [2.24, 2.45) is 0 Å². The molecule has 0 heterocycles. The van der Waals surface area contributed by atoms with Gasteiger partial charge in [0.15, 0.2) is 0 Å². The number of thioether (sulfide) groups is 1. The standard InChI is InChI=1S/C10H14ClNO2S2/c1-16(13,14)6-2-5-15-8-3-4-10(12)9(11)7-8/h3-4,7H,2,5-6,12H2,1H3. The quantitative estimate of drug-likeness (QED) is 0.511. The van der Waals surface area contributed by atoms with Crippen LogP contribution in [0, 0.1) is 0 Å². The van der Waals surface area contributed by atoms with Gasteiger partial charge in [-0.15, -0.1) is 11.8 Å². The Morgan fingerprint density at radius 3 is 2.69 bits per heavy atom. The van der Waals surface area contributed by atoms with Crippen LogP contribution in [0.3, 0.4) is 0 Å². The maximum absolute atomic E-state index is 10.9. The highest BCUT2D eigenvalue weighted by Gasteiger charge is 2.03. The number of rotatable bonds is 5. The Balaban J connectivity index is 2.41. The van der Waals surface area contributed by atoms with Gasteiger partial charge >= 0.3 is 0 Å². The fraction of sp³-hybridized carbons (Fsp3) is 0.400. The van der Waals surface area contributed by atoms with Crippen molar-refractivity contribution in [2.75, 3.05) is 23.5 Å². The van der Waals surface area contributed by atoms with E-state index < -0.39 is 9.84 Å². The Kier molecular flexibility index (Phi) is 4.95. The van der Waals surface area contributed by atoms with Crippen molar-refractivity contribution in [1.29, 1.82) is 0 Å². The molecule has 6 heteroatoms. The molecule has 0 unspecified atom stereocenters. The first kappa shape index (κ1) is 13.7. The molecule has 1 aromatic rings. The predicted octanol–water partition coefficient (Wildman–Crippen LogP) is 2.45. The first-order chi connectivity index (χ1) is 7.38. The number of anilines is 1. The molecule has 0 aliphatic carbocycles. The van der Waals surface area contributed by atoms with Crippen molar-refractivity contribution in [3.63, 3.8) is 0 Å². The van der Waals surface area contributed by atoms with Crippen molar-refractivity contribution < 1.29 is 8.42 Å². The maximum Gasteiger partial charge on any atom is 0.147 e. The van der Waals surface area contributed by atoms with E-state index in [2.05, 4.69) is 0 Å². The van der Waals surface area contributed by atoms with Gasteiger partial charge in [-0.1, -0.05) is 11.6 Å². The molecular weight excluding hydrogens is 266 g/mol. The zero-order valence-corrected chi connectivity index (χ0v) is 11.3. The van der Waals surface area contributed by atoms with Crippen molar-refractivity contribution in [2.45, 2.75) is 11.3 Å². The van der Waals surface area contributed by atoms with Crippen LogP contribution in [-0.4, -0.2) is 26.2 Å². The normalized spacial score (nSPS) is 11.6. The maximum atomic E-state index is 10.9. The molecule has 0 aromatic heterocycles. The molecule has 0 saturated carbocycles. The fourth-order valence-electron chi connectivity index (χ4n) is 1.11. The SMILES string of the molecule is CS(=O)(=O)CCCSc1ccc(N)c(Cl)c1. The third-order valence-corrected chi connectivity index (χ3v) is 4.34. The molecule has 0 radical (unpaired) electrons. The summed E-state index contributed by atoms with van der Waals surface area (Å²) in [5.74, 6) is 0.982. The number of nitrogen functional groups attached to an aromatic ring is 1. The van der Waals surface area contributed by atoms with Crippen molar-refractivity contribution in [1.82, 2.24) is 0 Å². The van der Waals surface area contributed by atoms with E-state index in [1.165, 1.54) is 6.26 Å². The molecule has 0 bridgehead atoms. The number of benzene rings is 1. The van der Waals surface area contributed by atoms with E-state index in [9.17, 15) is 8.42 Å². The Hall–Kier alpha value is -0.390. The minimum atomic E-state index is -2.85. The second-order valence-electron chi connectivity index (χ2n) is 3.52. The summed E-state index contributed by atoms with van der Waals surface area (Å²) >= 11 is 7.44. The summed E-state index contributed by atoms with van der Waals surface area (Å²) in [6, 6.07) is 5.43. The summed E-state index contributed by atoms with van der Waals surface area (Å²) in [5.41, 5.74) is 6.14. The average molecular weight is 280 g/mol. The predicted molar refractivity (Wildman–Crippen MR) is 70.9 cm³/mol. The van der Waals surface area contributed by atoms with Crippen LogP contribution in [0.4, 0.5) is 5.69 Å². The Labute approximate surface area is 105 Å². The molecule has 0 atom stereocenters. The minimum Gasteiger partial charge on any atom is -0.398 e. The molecule has 0 saturated heterocycles. The molecule has 0 fully saturated rings. The molecule has 0 amide bonds. The molecule has 0 spiro atoms. The summed E-state index contributed by atoms with van der Waals surface area (Å²) in [6.07, 6.45) is 1.89. The molecule has 1 aromatic carbocycles. The highest BCUT2D eigenvalue weighted by atomic mass is 35.5. The van der Waals surface area contributed by atoms with Crippen molar-refractivity contribution >= 4 is 38.9 Å². The molecule has 0 aliphatic heterocycles. The Morgan fingerprint density at radius 1 is 1.44 bits per heavy atom. The lowest BCUT2D eigenvalue weighted by Crippen LogP contribution is -2.03. The van der Waals surface area contributed by atoms with Crippen LogP contribution < -0.4 is 5.73 Å². The number of hydrogen-bond acceptors (Lipinski definition) is 4. The topological polar surface area (TPSA) is 60.2 Å². The number of sulfone groups is 1. The van der Waals surface area contributed by atoms with Gasteiger partial charge in [0.2, 0.25) is 0 Å². The second kappa shape index (κ2) is 5.80. The molecule has 3 nitrogen and oxygen atoms in total. The van der Waals surface area contributed by atoms with E-state index >= 15 is 0 Å². The van der Waals surface area contributed by atoms with Crippen LogP contribution in [-0.2, 0) is 9.84 Å². The smallest absolute Gasteiger partial charge is 0.147 e. The number of nitrogens with two attached hydrogens (primary N) is 1. The van der Waals surface area contributed by atoms with Gasteiger partial charge in [-0.25, -0.2) is 8.42 Å². The lowest BCUT2D eigenvalue weighted by molar-refractivity contribution is 0.600. The summed E-state index contributed by atoms with van der Waals surface area (Å²) in [5, 5.41) is 0.535. The largest absolute Gasteiger partial charge is 0.398 e. The first-order valence-electron chi connectivity index (χ1n) is 4.74. The summed E-state index contributed by atoms with van der Waals surface area (Å²) in [7, 11) is -2.85. The fourth-order valence-corrected chi connectivity index (χ4v) is 3.10. The third-order valence-electron chi connectivity index (χ3n) is 1.90. The van der Waals surface area contributed by atoms with Crippen LogP contribution in [0.5, 0.6) is 0 Å². The monoisotopic (exact) mass is 279 g/mol. The zero-order valence-electron chi connectivity index (χ0n) is 8.94. The van der Waals surface area contributed by atoms with Crippen LogP contribution in [0.2, 0.25) is 5.02 Å². The molecule has 16 heavy (non-hydrogen) atoms. The van der Waals surface area contributed by atoms with Gasteiger partial charge in [0, 0.05) is 11.2 Å². The average Bonchev–Trinajstić information content (AvgIpc) is 2.17. The van der Waals surface area contributed by atoms with E-state index in [4.69, 9.17) is 17.3 Å². The van der Waals surface area contributed by atoms with Gasteiger partial charge in [0.05, 0.1) is 16.5 Å². The van der Waals surface area contributed by atoms with Gasteiger partial charge in [-0.3, -0.25) is 0 Å². The second-order valence-corrected chi connectivity index (χ2v) is 7.35. The molecular formula is C10H14ClNO2S2. The van der Waals surface area contributed by atoms with E-state index in [0.717, 1.165) is 10.6 Å². The van der Waals surface area contributed by atoms with Crippen LogP contribution in [0.1, 0.15) is 6.42 Å². The van der Waals surface area contributed by atoms with Gasteiger partial charge in [-0.2, -0.15) is 0 Å². The van der Waals surface area contributed by atoms with Crippen LogP contribution in [0.25, 0.3) is 0 Å². The highest BCUT2D eigenvalue weighted by molar-refractivity contribution is 7.99. The summed E-state index contributed by atoms with van der Waals surface area (Å²) in [6.45, 7) is 0. The molecule has 1 rings (SSSR count). The Bertz CT molecular complexity index is 460. The van der Waals surface area contributed by atoms with E-state index in [-0.39, 0.29) is 5.75 Å². The van der Waals surface area contributed by atoms with Crippen LogP contribution in [0.15, 0.2) is 23.1 Å². The first-order valence-corrected chi connectivity index (χ1v) is 8.16. The third kappa shape index (κ3) is 5.09.